The van der Waals surface area contributed by atoms with Crippen molar-refractivity contribution in [1.29, 1.82) is 0 Å². The lowest BCUT2D eigenvalue weighted by Crippen LogP contribution is -2.15. The summed E-state index contributed by atoms with van der Waals surface area (Å²) in [7, 11) is 0. The maximum absolute atomic E-state index is 12.1. The first-order chi connectivity index (χ1) is 23.5. The van der Waals surface area contributed by atoms with Gasteiger partial charge in [-0.1, -0.05) is 59.6 Å². The van der Waals surface area contributed by atoms with Gasteiger partial charge in [-0.3, -0.25) is 4.79 Å². The highest BCUT2D eigenvalue weighted by atomic mass is 35.5. The lowest BCUT2D eigenvalue weighted by molar-refractivity contribution is 0.0689. The minimum absolute atomic E-state index is 0.0347. The van der Waals surface area contributed by atoms with Crippen molar-refractivity contribution in [2.45, 2.75) is 26.7 Å². The van der Waals surface area contributed by atoms with E-state index in [1.54, 1.807) is 50.6 Å². The van der Waals surface area contributed by atoms with Gasteiger partial charge in [0.1, 0.15) is 29.0 Å². The van der Waals surface area contributed by atoms with Gasteiger partial charge in [0.2, 0.25) is 0 Å². The number of pyridine rings is 2. The number of aromatic nitrogens is 6. The molecule has 0 aliphatic carbocycles. The van der Waals surface area contributed by atoms with E-state index >= 15 is 0 Å². The molecule has 1 amide bonds. The van der Waals surface area contributed by atoms with Gasteiger partial charge in [-0.2, -0.15) is 0 Å². The molecule has 0 atom stereocenters. The lowest BCUT2D eigenvalue weighted by atomic mass is 10.1. The van der Waals surface area contributed by atoms with Gasteiger partial charge in [0, 0.05) is 34.8 Å². The SMILES string of the molecule is Cc1nccc(C(=O)Nc2ccc(Cc3cccc(Cl)c3)cn2)n1.Cc1nccc(C(=O)O)n1.Nc1ccc(Cc2cccc(Cl)c2)cn1. The van der Waals surface area contributed by atoms with Crippen molar-refractivity contribution < 1.29 is 14.7 Å². The molecule has 49 heavy (non-hydrogen) atoms. The molecule has 0 spiro atoms. The summed E-state index contributed by atoms with van der Waals surface area (Å²) in [5.74, 6) is 0.712. The summed E-state index contributed by atoms with van der Waals surface area (Å²) in [6.07, 6.45) is 8.06. The Hall–Kier alpha value is -5.78. The minimum atomic E-state index is -1.02. The van der Waals surface area contributed by atoms with Crippen molar-refractivity contribution in [3.63, 3.8) is 0 Å². The Labute approximate surface area is 293 Å². The van der Waals surface area contributed by atoms with Crippen LogP contribution in [0.15, 0.2) is 110 Å². The second-order valence-corrected chi connectivity index (χ2v) is 11.4. The molecule has 4 N–H and O–H groups in total. The summed E-state index contributed by atoms with van der Waals surface area (Å²) in [6, 6.07) is 25.9. The largest absolute Gasteiger partial charge is 0.477 e. The van der Waals surface area contributed by atoms with Crippen LogP contribution in [0.5, 0.6) is 0 Å². The van der Waals surface area contributed by atoms with Crippen LogP contribution in [-0.2, 0) is 12.8 Å². The molecular formula is C36H32Cl2N8O3. The van der Waals surface area contributed by atoms with Gasteiger partial charge in [0.05, 0.1) is 0 Å². The predicted octanol–water partition coefficient (Wildman–Crippen LogP) is 7.07. The highest BCUT2D eigenvalue weighted by Crippen LogP contribution is 2.16. The first-order valence-electron chi connectivity index (χ1n) is 14.8. The zero-order valence-corrected chi connectivity index (χ0v) is 28.1. The Morgan fingerprint density at radius 1 is 0.673 bits per heavy atom. The third-order valence-corrected chi connectivity index (χ3v) is 6.98. The Bertz CT molecular complexity index is 2010. The number of carboxylic acid groups (broad SMARTS) is 1. The molecule has 248 valence electrons. The molecule has 6 aromatic rings. The zero-order valence-electron chi connectivity index (χ0n) is 26.6. The van der Waals surface area contributed by atoms with Crippen LogP contribution in [0.2, 0.25) is 10.0 Å². The number of nitrogens with two attached hydrogens (primary N) is 1. The summed E-state index contributed by atoms with van der Waals surface area (Å²) in [4.78, 5) is 46.2. The molecule has 2 aromatic carbocycles. The number of nitrogen functional groups attached to an aromatic ring is 1. The van der Waals surface area contributed by atoms with Crippen LogP contribution in [0.3, 0.4) is 0 Å². The number of nitrogens with zero attached hydrogens (tertiary/aromatic N) is 6. The molecule has 0 aliphatic rings. The van der Waals surface area contributed by atoms with Crippen LogP contribution in [0.1, 0.15) is 54.9 Å². The molecule has 0 radical (unpaired) electrons. The number of carbonyl (C=O) groups is 2. The van der Waals surface area contributed by atoms with Crippen LogP contribution in [0, 0.1) is 13.8 Å². The number of rotatable bonds is 7. The van der Waals surface area contributed by atoms with E-state index in [9.17, 15) is 9.59 Å². The molecule has 0 unspecified atom stereocenters. The van der Waals surface area contributed by atoms with E-state index in [2.05, 4.69) is 35.2 Å². The summed E-state index contributed by atoms with van der Waals surface area (Å²) in [5.41, 5.74) is 10.3. The van der Waals surface area contributed by atoms with Crippen molar-refractivity contribution in [3.05, 3.63) is 165 Å². The number of amides is 1. The van der Waals surface area contributed by atoms with Crippen LogP contribution in [0.4, 0.5) is 11.6 Å². The molecule has 11 nitrogen and oxygen atoms in total. The van der Waals surface area contributed by atoms with Crippen molar-refractivity contribution >= 4 is 46.7 Å². The number of carboxylic acids is 1. The van der Waals surface area contributed by atoms with Gasteiger partial charge < -0.3 is 16.2 Å². The first-order valence-corrected chi connectivity index (χ1v) is 15.6. The number of aryl methyl sites for hydroxylation is 2. The summed E-state index contributed by atoms with van der Waals surface area (Å²) in [6.45, 7) is 3.38. The maximum atomic E-state index is 12.1. The zero-order chi connectivity index (χ0) is 35.2. The van der Waals surface area contributed by atoms with Crippen molar-refractivity contribution in [1.82, 2.24) is 29.9 Å². The molecular weight excluding hydrogens is 663 g/mol. The number of aromatic carboxylic acids is 1. The molecule has 0 bridgehead atoms. The number of carbonyl (C=O) groups excluding carboxylic acids is 1. The normalized spacial score (nSPS) is 10.1. The fraction of sp³-hybridized carbons (Fsp3) is 0.111. The van der Waals surface area contributed by atoms with Gasteiger partial charge >= 0.3 is 5.97 Å². The van der Waals surface area contributed by atoms with Gasteiger partial charge in [0.25, 0.3) is 5.91 Å². The monoisotopic (exact) mass is 694 g/mol. The Kier molecular flexibility index (Phi) is 13.2. The quantitative estimate of drug-likeness (QED) is 0.157. The van der Waals surface area contributed by atoms with E-state index in [1.165, 1.54) is 17.8 Å². The lowest BCUT2D eigenvalue weighted by Gasteiger charge is -2.06. The number of halogens is 2. The topological polar surface area (TPSA) is 170 Å². The summed E-state index contributed by atoms with van der Waals surface area (Å²) >= 11 is 11.9. The standard InChI is InChI=1S/C18H15ClN4O.C12H11ClN2.C6H6N2O2/c1-12-20-8-7-16(22-12)18(24)23-17-6-5-14(11-21-17)9-13-3-2-4-15(19)10-13;13-11-3-1-2-9(7-11)6-10-4-5-12(14)15-8-10;1-4-7-3-2-5(8-4)6(9)10/h2-8,10-11H,9H2,1H3,(H,21,23,24);1-5,7-8H,6H2,(H2,14,15);2-3H,1H3,(H,9,10). The van der Waals surface area contributed by atoms with Gasteiger partial charge in [0.15, 0.2) is 5.69 Å². The van der Waals surface area contributed by atoms with E-state index in [0.717, 1.165) is 34.6 Å². The van der Waals surface area contributed by atoms with E-state index in [0.29, 0.717) is 34.0 Å². The number of hydrogen-bond donors (Lipinski definition) is 3. The number of benzene rings is 2. The van der Waals surface area contributed by atoms with E-state index in [4.69, 9.17) is 34.0 Å². The fourth-order valence-electron chi connectivity index (χ4n) is 4.25. The maximum Gasteiger partial charge on any atom is 0.354 e. The van der Waals surface area contributed by atoms with Gasteiger partial charge in [-0.05, 0) is 97.5 Å². The number of hydrogen-bond acceptors (Lipinski definition) is 9. The van der Waals surface area contributed by atoms with E-state index in [1.807, 2.05) is 60.7 Å². The second-order valence-electron chi connectivity index (χ2n) is 10.5. The summed E-state index contributed by atoms with van der Waals surface area (Å²) < 4.78 is 0. The van der Waals surface area contributed by atoms with Gasteiger partial charge in [-0.15, -0.1) is 0 Å². The molecule has 0 fully saturated rings. The molecule has 6 rings (SSSR count). The van der Waals surface area contributed by atoms with Crippen LogP contribution < -0.4 is 11.1 Å². The second kappa shape index (κ2) is 17.9. The third-order valence-electron chi connectivity index (χ3n) is 6.51. The van der Waals surface area contributed by atoms with Gasteiger partial charge in [-0.25, -0.2) is 34.7 Å². The predicted molar refractivity (Wildman–Crippen MR) is 190 cm³/mol. The number of nitrogens with one attached hydrogen (secondary N) is 1. The smallest absolute Gasteiger partial charge is 0.354 e. The molecule has 4 heterocycles. The first kappa shape index (κ1) is 36.1. The average molecular weight is 696 g/mol. The third kappa shape index (κ3) is 12.4. The van der Waals surface area contributed by atoms with E-state index < -0.39 is 5.97 Å². The van der Waals surface area contributed by atoms with Crippen LogP contribution >= 0.6 is 23.2 Å². The highest BCUT2D eigenvalue weighted by Gasteiger charge is 2.09. The van der Waals surface area contributed by atoms with Crippen LogP contribution in [0.25, 0.3) is 0 Å². The molecule has 4 aromatic heterocycles. The van der Waals surface area contributed by atoms with Crippen molar-refractivity contribution in [2.24, 2.45) is 0 Å². The average Bonchev–Trinajstić information content (AvgIpc) is 3.07. The number of anilines is 2. The molecule has 0 aliphatic heterocycles. The minimum Gasteiger partial charge on any atom is -0.477 e. The molecule has 0 saturated heterocycles. The highest BCUT2D eigenvalue weighted by molar-refractivity contribution is 6.30. The Balaban J connectivity index is 0.000000184. The Morgan fingerprint density at radius 2 is 1.20 bits per heavy atom. The Morgan fingerprint density at radius 3 is 1.65 bits per heavy atom. The molecule has 0 saturated carbocycles. The summed E-state index contributed by atoms with van der Waals surface area (Å²) in [5, 5.41) is 12.6. The molecule has 13 heteroatoms. The van der Waals surface area contributed by atoms with E-state index in [-0.39, 0.29) is 11.6 Å². The van der Waals surface area contributed by atoms with Crippen molar-refractivity contribution in [2.75, 3.05) is 11.1 Å². The van der Waals surface area contributed by atoms with Crippen LogP contribution in [-0.4, -0.2) is 46.9 Å². The van der Waals surface area contributed by atoms with Crippen molar-refractivity contribution in [3.8, 4) is 0 Å². The fourth-order valence-corrected chi connectivity index (χ4v) is 4.67.